The van der Waals surface area contributed by atoms with Crippen molar-refractivity contribution >= 4 is 5.78 Å². The summed E-state index contributed by atoms with van der Waals surface area (Å²) in [5.74, 6) is 0.827. The fourth-order valence-electron chi connectivity index (χ4n) is 2.93. The van der Waals surface area contributed by atoms with Crippen molar-refractivity contribution in [3.63, 3.8) is 0 Å². The minimum Gasteiger partial charge on any atom is -0.295 e. The zero-order valence-electron chi connectivity index (χ0n) is 11.7. The molecule has 0 N–H and O–H groups in total. The Bertz CT molecular complexity index is 376. The molecule has 90 valence electrons. The SMILES string of the molecule is CC(=O)C(=C(C)C)C1=C(C)CC(C)C1(C)C. The highest BCUT2D eigenvalue weighted by atomic mass is 16.1. The second kappa shape index (κ2) is 4.20. The molecular weight excluding hydrogens is 196 g/mol. The van der Waals surface area contributed by atoms with E-state index in [1.54, 1.807) is 6.92 Å². The largest absolute Gasteiger partial charge is 0.295 e. The standard InChI is InChI=1S/C15H24O/c1-9(2)13(12(5)16)14-10(3)8-11(4)15(14,6)7/h11H,8H2,1-7H3. The van der Waals surface area contributed by atoms with Crippen molar-refractivity contribution in [1.82, 2.24) is 0 Å². The van der Waals surface area contributed by atoms with E-state index in [1.165, 1.54) is 11.1 Å². The van der Waals surface area contributed by atoms with Gasteiger partial charge in [0.2, 0.25) is 0 Å². The summed E-state index contributed by atoms with van der Waals surface area (Å²) in [5, 5.41) is 0. The van der Waals surface area contributed by atoms with Crippen LogP contribution in [0.25, 0.3) is 0 Å². The molecule has 0 amide bonds. The maximum atomic E-state index is 11.8. The lowest BCUT2D eigenvalue weighted by Gasteiger charge is -2.30. The van der Waals surface area contributed by atoms with Crippen LogP contribution >= 0.6 is 0 Å². The second-order valence-electron chi connectivity index (χ2n) is 5.91. The second-order valence-corrected chi connectivity index (χ2v) is 5.91. The van der Waals surface area contributed by atoms with Gasteiger partial charge in [0.05, 0.1) is 0 Å². The Morgan fingerprint density at radius 1 is 1.25 bits per heavy atom. The summed E-state index contributed by atoms with van der Waals surface area (Å²) in [5.41, 5.74) is 4.93. The van der Waals surface area contributed by atoms with Gasteiger partial charge < -0.3 is 0 Å². The molecule has 1 heteroatoms. The summed E-state index contributed by atoms with van der Waals surface area (Å²) < 4.78 is 0. The van der Waals surface area contributed by atoms with Crippen LogP contribution in [-0.4, -0.2) is 5.78 Å². The van der Waals surface area contributed by atoms with Gasteiger partial charge in [-0.15, -0.1) is 0 Å². The van der Waals surface area contributed by atoms with Crippen LogP contribution in [0.3, 0.4) is 0 Å². The lowest BCUT2D eigenvalue weighted by Crippen LogP contribution is -2.22. The van der Waals surface area contributed by atoms with E-state index in [0.29, 0.717) is 5.92 Å². The van der Waals surface area contributed by atoms with E-state index in [9.17, 15) is 4.79 Å². The van der Waals surface area contributed by atoms with Crippen LogP contribution in [0.15, 0.2) is 22.3 Å². The molecular formula is C15H24O. The third-order valence-corrected chi connectivity index (χ3v) is 4.02. The molecule has 0 saturated carbocycles. The van der Waals surface area contributed by atoms with Crippen LogP contribution < -0.4 is 0 Å². The number of carbonyl (C=O) groups excluding carboxylic acids is 1. The summed E-state index contributed by atoms with van der Waals surface area (Å²) in [6.07, 6.45) is 1.12. The van der Waals surface area contributed by atoms with Gasteiger partial charge in [-0.05, 0) is 51.0 Å². The molecule has 0 radical (unpaired) electrons. The van der Waals surface area contributed by atoms with Crippen LogP contribution in [0.5, 0.6) is 0 Å². The quantitative estimate of drug-likeness (QED) is 0.634. The molecule has 1 rings (SSSR count). The van der Waals surface area contributed by atoms with Crippen molar-refractivity contribution in [2.45, 2.75) is 54.9 Å². The van der Waals surface area contributed by atoms with Crippen molar-refractivity contribution < 1.29 is 4.79 Å². The van der Waals surface area contributed by atoms with Crippen LogP contribution in [0, 0.1) is 11.3 Å². The van der Waals surface area contributed by atoms with E-state index in [4.69, 9.17) is 0 Å². The van der Waals surface area contributed by atoms with Gasteiger partial charge in [0.25, 0.3) is 0 Å². The van der Waals surface area contributed by atoms with Crippen LogP contribution in [0.1, 0.15) is 54.9 Å². The molecule has 0 aromatic heterocycles. The molecule has 1 unspecified atom stereocenters. The van der Waals surface area contributed by atoms with Gasteiger partial charge in [0.15, 0.2) is 5.78 Å². The van der Waals surface area contributed by atoms with Gasteiger partial charge in [0.1, 0.15) is 0 Å². The number of hydrogen-bond acceptors (Lipinski definition) is 1. The van der Waals surface area contributed by atoms with Crippen molar-refractivity contribution in [2.24, 2.45) is 11.3 Å². The molecule has 0 fully saturated rings. The molecule has 0 aromatic rings. The van der Waals surface area contributed by atoms with E-state index in [1.807, 2.05) is 13.8 Å². The molecule has 0 aromatic carbocycles. The number of hydrogen-bond donors (Lipinski definition) is 0. The van der Waals surface area contributed by atoms with E-state index >= 15 is 0 Å². The van der Waals surface area contributed by atoms with Crippen LogP contribution in [-0.2, 0) is 4.79 Å². The Hall–Kier alpha value is -0.850. The average molecular weight is 220 g/mol. The lowest BCUT2D eigenvalue weighted by molar-refractivity contribution is -0.113. The monoisotopic (exact) mass is 220 g/mol. The zero-order chi connectivity index (χ0) is 12.7. The first kappa shape index (κ1) is 13.2. The third kappa shape index (κ3) is 2.00. The van der Waals surface area contributed by atoms with Crippen molar-refractivity contribution in [1.29, 1.82) is 0 Å². The molecule has 0 bridgehead atoms. The number of carbonyl (C=O) groups is 1. The van der Waals surface area contributed by atoms with Crippen LogP contribution in [0.4, 0.5) is 0 Å². The normalized spacial score (nSPS) is 23.6. The summed E-state index contributed by atoms with van der Waals surface area (Å²) in [4.78, 5) is 11.8. The first-order valence-corrected chi connectivity index (χ1v) is 6.08. The molecule has 1 aliphatic carbocycles. The van der Waals surface area contributed by atoms with Gasteiger partial charge in [0, 0.05) is 5.57 Å². The molecule has 16 heavy (non-hydrogen) atoms. The van der Waals surface area contributed by atoms with E-state index in [-0.39, 0.29) is 11.2 Å². The summed E-state index contributed by atoms with van der Waals surface area (Å²) in [7, 11) is 0. The molecule has 0 spiro atoms. The van der Waals surface area contributed by atoms with Gasteiger partial charge in [-0.25, -0.2) is 0 Å². The minimum atomic E-state index is 0.127. The fraction of sp³-hybridized carbons (Fsp3) is 0.667. The van der Waals surface area contributed by atoms with Gasteiger partial charge >= 0.3 is 0 Å². The van der Waals surface area contributed by atoms with Gasteiger partial charge in [-0.3, -0.25) is 4.79 Å². The predicted molar refractivity (Wildman–Crippen MR) is 69.3 cm³/mol. The smallest absolute Gasteiger partial charge is 0.160 e. The van der Waals surface area contributed by atoms with E-state index in [2.05, 4.69) is 27.7 Å². The number of Topliss-reactive ketones (excluding diaryl/α,β-unsaturated/α-hetero) is 1. The van der Waals surface area contributed by atoms with E-state index < -0.39 is 0 Å². The topological polar surface area (TPSA) is 17.1 Å². The highest BCUT2D eigenvalue weighted by Gasteiger charge is 2.39. The average Bonchev–Trinajstić information content (AvgIpc) is 2.27. The molecule has 1 aliphatic rings. The zero-order valence-corrected chi connectivity index (χ0v) is 11.7. The molecule has 0 saturated heterocycles. The van der Waals surface area contributed by atoms with Crippen LogP contribution in [0.2, 0.25) is 0 Å². The Morgan fingerprint density at radius 3 is 2.00 bits per heavy atom. The first-order valence-electron chi connectivity index (χ1n) is 6.08. The minimum absolute atomic E-state index is 0.127. The fourth-order valence-corrected chi connectivity index (χ4v) is 2.93. The summed E-state index contributed by atoms with van der Waals surface area (Å²) in [6, 6.07) is 0. The number of rotatable bonds is 2. The lowest BCUT2D eigenvalue weighted by atomic mass is 9.74. The predicted octanol–water partition coefficient (Wildman–Crippen LogP) is 4.29. The third-order valence-electron chi connectivity index (χ3n) is 4.02. The van der Waals surface area contributed by atoms with Crippen molar-refractivity contribution in [3.05, 3.63) is 22.3 Å². The summed E-state index contributed by atoms with van der Waals surface area (Å²) >= 11 is 0. The van der Waals surface area contributed by atoms with Crippen molar-refractivity contribution in [2.75, 3.05) is 0 Å². The molecule has 1 nitrogen and oxygen atoms in total. The maximum Gasteiger partial charge on any atom is 0.160 e. The van der Waals surface area contributed by atoms with Gasteiger partial charge in [-0.1, -0.05) is 31.9 Å². The Morgan fingerprint density at radius 2 is 1.75 bits per heavy atom. The Kier molecular flexibility index (Phi) is 3.47. The Labute approximate surface area is 99.6 Å². The maximum absolute atomic E-state index is 11.8. The Balaban J connectivity index is 3.38. The highest BCUT2D eigenvalue weighted by Crippen LogP contribution is 2.50. The number of allylic oxidation sites excluding steroid dienone is 4. The molecule has 0 aliphatic heterocycles. The van der Waals surface area contributed by atoms with Crippen molar-refractivity contribution in [3.8, 4) is 0 Å². The molecule has 1 atom stereocenters. The van der Waals surface area contributed by atoms with Gasteiger partial charge in [-0.2, -0.15) is 0 Å². The van der Waals surface area contributed by atoms with E-state index in [0.717, 1.165) is 17.6 Å². The molecule has 0 heterocycles. The summed E-state index contributed by atoms with van der Waals surface area (Å²) in [6.45, 7) is 14.7. The first-order chi connectivity index (χ1) is 7.19. The highest BCUT2D eigenvalue weighted by molar-refractivity contribution is 5.99. The number of ketones is 1.